The van der Waals surface area contributed by atoms with Gasteiger partial charge in [-0.25, -0.2) is 4.39 Å². The minimum atomic E-state index is -0.227. The molecule has 144 valence electrons. The van der Waals surface area contributed by atoms with E-state index >= 15 is 0 Å². The molecule has 1 atom stereocenters. The Morgan fingerprint density at radius 3 is 2.46 bits per heavy atom. The molecule has 28 heavy (non-hydrogen) atoms. The van der Waals surface area contributed by atoms with Crippen molar-refractivity contribution in [3.8, 4) is 0 Å². The molecule has 3 aromatic rings. The lowest BCUT2D eigenvalue weighted by Crippen LogP contribution is -2.28. The van der Waals surface area contributed by atoms with Crippen LogP contribution < -0.4 is 0 Å². The number of carbonyl (C=O) groups is 1. The van der Waals surface area contributed by atoms with Crippen LogP contribution in [0.5, 0.6) is 0 Å². The zero-order valence-corrected chi connectivity index (χ0v) is 16.2. The fourth-order valence-electron chi connectivity index (χ4n) is 3.90. The monoisotopic (exact) mass is 377 g/mol. The van der Waals surface area contributed by atoms with Gasteiger partial charge in [-0.1, -0.05) is 24.3 Å². The first kappa shape index (κ1) is 18.4. The van der Waals surface area contributed by atoms with Crippen LogP contribution in [0.25, 0.3) is 0 Å². The number of aromatic nitrogens is 2. The molecule has 2 heterocycles. The fraction of sp³-hybridized carbons (Fsp3) is 0.304. The van der Waals surface area contributed by atoms with Crippen molar-refractivity contribution < 1.29 is 9.18 Å². The van der Waals surface area contributed by atoms with Gasteiger partial charge in [-0.2, -0.15) is 5.10 Å². The highest BCUT2D eigenvalue weighted by atomic mass is 19.1. The zero-order valence-electron chi connectivity index (χ0n) is 16.2. The second-order valence-electron chi connectivity index (χ2n) is 7.57. The van der Waals surface area contributed by atoms with Crippen molar-refractivity contribution in [2.24, 2.45) is 0 Å². The standard InChI is InChI=1S/C23H24FN3O/c1-16-13-17(2)27(25-16)14-18-3-5-20(6-4-18)23(28)26-12-11-21(15-26)19-7-9-22(24)10-8-19/h3-10,13,21H,11-12,14-15H2,1-2H3/t21-/m1/s1. The summed E-state index contributed by atoms with van der Waals surface area (Å²) >= 11 is 0. The van der Waals surface area contributed by atoms with E-state index in [2.05, 4.69) is 11.2 Å². The molecule has 0 saturated carbocycles. The molecule has 1 saturated heterocycles. The lowest BCUT2D eigenvalue weighted by molar-refractivity contribution is 0.0791. The molecule has 0 N–H and O–H groups in total. The molecule has 1 amide bonds. The largest absolute Gasteiger partial charge is 0.338 e. The first-order chi connectivity index (χ1) is 13.5. The van der Waals surface area contributed by atoms with Crippen molar-refractivity contribution in [1.82, 2.24) is 14.7 Å². The number of aryl methyl sites for hydroxylation is 2. The van der Waals surface area contributed by atoms with Crippen molar-refractivity contribution in [3.63, 3.8) is 0 Å². The highest BCUT2D eigenvalue weighted by Gasteiger charge is 2.27. The van der Waals surface area contributed by atoms with Gasteiger partial charge in [0.2, 0.25) is 0 Å². The molecule has 0 spiro atoms. The number of halogens is 1. The maximum Gasteiger partial charge on any atom is 0.253 e. The molecule has 0 aliphatic carbocycles. The molecule has 0 bridgehead atoms. The van der Waals surface area contributed by atoms with Gasteiger partial charge < -0.3 is 4.90 Å². The molecule has 2 aromatic carbocycles. The molecular formula is C23H24FN3O. The van der Waals surface area contributed by atoms with E-state index in [1.165, 1.54) is 12.1 Å². The molecule has 4 nitrogen and oxygen atoms in total. The van der Waals surface area contributed by atoms with E-state index < -0.39 is 0 Å². The Morgan fingerprint density at radius 1 is 1.11 bits per heavy atom. The zero-order chi connectivity index (χ0) is 19.7. The van der Waals surface area contributed by atoms with E-state index in [0.717, 1.165) is 35.5 Å². The number of rotatable bonds is 4. The summed E-state index contributed by atoms with van der Waals surface area (Å²) in [5.41, 5.74) is 5.05. The molecule has 0 unspecified atom stereocenters. The Balaban J connectivity index is 1.41. The van der Waals surface area contributed by atoms with Crippen molar-refractivity contribution in [2.75, 3.05) is 13.1 Å². The van der Waals surface area contributed by atoms with Gasteiger partial charge >= 0.3 is 0 Å². The van der Waals surface area contributed by atoms with Gasteiger partial charge in [0, 0.05) is 30.3 Å². The van der Waals surface area contributed by atoms with Gasteiger partial charge in [0.1, 0.15) is 5.82 Å². The summed E-state index contributed by atoms with van der Waals surface area (Å²) in [4.78, 5) is 14.7. The van der Waals surface area contributed by atoms with Gasteiger partial charge in [-0.15, -0.1) is 0 Å². The van der Waals surface area contributed by atoms with Crippen LogP contribution in [0, 0.1) is 19.7 Å². The molecule has 1 aliphatic heterocycles. The number of nitrogens with zero attached hydrogens (tertiary/aromatic N) is 3. The van der Waals surface area contributed by atoms with Crippen LogP contribution in [0.2, 0.25) is 0 Å². The van der Waals surface area contributed by atoms with Gasteiger partial charge in [-0.3, -0.25) is 9.48 Å². The topological polar surface area (TPSA) is 38.1 Å². The predicted molar refractivity (Wildman–Crippen MR) is 107 cm³/mol. The third kappa shape index (κ3) is 3.84. The lowest BCUT2D eigenvalue weighted by atomic mass is 9.98. The van der Waals surface area contributed by atoms with Crippen LogP contribution >= 0.6 is 0 Å². The van der Waals surface area contributed by atoms with E-state index in [9.17, 15) is 9.18 Å². The SMILES string of the molecule is Cc1cc(C)n(Cc2ccc(C(=O)N3CC[C@@H](c4ccc(F)cc4)C3)cc2)n1. The van der Waals surface area contributed by atoms with E-state index in [-0.39, 0.29) is 17.6 Å². The van der Waals surface area contributed by atoms with Gasteiger partial charge in [0.05, 0.1) is 12.2 Å². The average molecular weight is 377 g/mol. The number of hydrogen-bond acceptors (Lipinski definition) is 2. The van der Waals surface area contributed by atoms with Gasteiger partial charge in [-0.05, 0) is 61.7 Å². The first-order valence-corrected chi connectivity index (χ1v) is 9.64. The lowest BCUT2D eigenvalue weighted by Gasteiger charge is -2.17. The minimum Gasteiger partial charge on any atom is -0.338 e. The summed E-state index contributed by atoms with van der Waals surface area (Å²) in [6.07, 6.45) is 0.910. The fourth-order valence-corrected chi connectivity index (χ4v) is 3.90. The predicted octanol–water partition coefficient (Wildman–Crippen LogP) is 4.32. The summed E-state index contributed by atoms with van der Waals surface area (Å²) in [6.45, 7) is 6.14. The number of carbonyl (C=O) groups excluding carboxylic acids is 1. The van der Waals surface area contributed by atoms with Crippen molar-refractivity contribution >= 4 is 5.91 Å². The van der Waals surface area contributed by atoms with E-state index in [4.69, 9.17) is 0 Å². The number of benzene rings is 2. The summed E-state index contributed by atoms with van der Waals surface area (Å²) in [5, 5.41) is 4.49. The normalized spacial score (nSPS) is 16.5. The molecule has 4 rings (SSSR count). The van der Waals surface area contributed by atoms with E-state index in [1.807, 2.05) is 59.8 Å². The molecule has 0 radical (unpaired) electrons. The van der Waals surface area contributed by atoms with Crippen molar-refractivity contribution in [3.05, 3.63) is 88.5 Å². The highest BCUT2D eigenvalue weighted by molar-refractivity contribution is 5.94. The summed E-state index contributed by atoms with van der Waals surface area (Å²) in [5.74, 6) is 0.104. The maximum atomic E-state index is 13.1. The minimum absolute atomic E-state index is 0.0577. The summed E-state index contributed by atoms with van der Waals surface area (Å²) in [6, 6.07) is 16.5. The molecule has 1 fully saturated rings. The molecule has 1 aromatic heterocycles. The van der Waals surface area contributed by atoms with E-state index in [1.54, 1.807) is 0 Å². The third-order valence-corrected chi connectivity index (χ3v) is 5.45. The van der Waals surface area contributed by atoms with Crippen molar-refractivity contribution in [1.29, 1.82) is 0 Å². The van der Waals surface area contributed by atoms with Crippen LogP contribution in [0.1, 0.15) is 45.2 Å². The van der Waals surface area contributed by atoms with Gasteiger partial charge in [0.15, 0.2) is 0 Å². The van der Waals surface area contributed by atoms with Crippen LogP contribution in [0.3, 0.4) is 0 Å². The van der Waals surface area contributed by atoms with Crippen LogP contribution in [-0.4, -0.2) is 33.7 Å². The number of amides is 1. The third-order valence-electron chi connectivity index (χ3n) is 5.45. The van der Waals surface area contributed by atoms with Crippen LogP contribution in [0.15, 0.2) is 54.6 Å². The van der Waals surface area contributed by atoms with Crippen LogP contribution in [0.4, 0.5) is 4.39 Å². The molecule has 5 heteroatoms. The van der Waals surface area contributed by atoms with Crippen LogP contribution in [-0.2, 0) is 6.54 Å². The Morgan fingerprint density at radius 2 is 1.82 bits per heavy atom. The Bertz CT molecular complexity index is 976. The second kappa shape index (κ2) is 7.58. The van der Waals surface area contributed by atoms with Crippen molar-refractivity contribution in [2.45, 2.75) is 32.7 Å². The first-order valence-electron chi connectivity index (χ1n) is 9.64. The maximum absolute atomic E-state index is 13.1. The molecular weight excluding hydrogens is 353 g/mol. The smallest absolute Gasteiger partial charge is 0.253 e. The highest BCUT2D eigenvalue weighted by Crippen LogP contribution is 2.28. The number of hydrogen-bond donors (Lipinski definition) is 0. The quantitative estimate of drug-likeness (QED) is 0.679. The Hall–Kier alpha value is -2.95. The molecule has 1 aliphatic rings. The Labute approximate surface area is 164 Å². The second-order valence-corrected chi connectivity index (χ2v) is 7.57. The van der Waals surface area contributed by atoms with E-state index in [0.29, 0.717) is 18.7 Å². The van der Waals surface area contributed by atoms with Gasteiger partial charge in [0.25, 0.3) is 5.91 Å². The summed E-state index contributed by atoms with van der Waals surface area (Å²) in [7, 11) is 0. The average Bonchev–Trinajstić information content (AvgIpc) is 3.29. The summed E-state index contributed by atoms with van der Waals surface area (Å²) < 4.78 is 15.1. The number of likely N-dealkylation sites (tertiary alicyclic amines) is 1. The Kier molecular flexibility index (Phi) is 4.99.